The van der Waals surface area contributed by atoms with Crippen LogP contribution >= 0.6 is 0 Å². The Morgan fingerprint density at radius 2 is 1.92 bits per heavy atom. The maximum Gasteiger partial charge on any atom is 0.319 e. The monoisotopic (exact) mass is 331 g/mol. The number of carbonyl (C=O) groups is 2. The normalized spacial score (nSPS) is 17.0. The van der Waals surface area contributed by atoms with Gasteiger partial charge in [-0.15, -0.1) is 0 Å². The zero-order valence-corrected chi connectivity index (χ0v) is 12.6. The third-order valence-corrected chi connectivity index (χ3v) is 3.70. The fourth-order valence-electron chi connectivity index (χ4n) is 2.60. The second-order valence-electron chi connectivity index (χ2n) is 5.46. The molecule has 2 aromatic rings. The summed E-state index contributed by atoms with van der Waals surface area (Å²) in [6, 6.07) is 10.5. The van der Waals surface area contributed by atoms with Crippen molar-refractivity contribution < 1.29 is 18.4 Å². The standard InChI is InChI=1S/C17H15F2N3O2/c18-11-4-3-5-13(8-11)22-10-12(9-16(22)23)20-17(24)21-15-7-2-1-6-14(15)19/h1-8,12H,9-10H2,(H2,20,21,24). The molecule has 1 unspecified atom stereocenters. The van der Waals surface area contributed by atoms with Crippen LogP contribution in [0.25, 0.3) is 0 Å². The summed E-state index contributed by atoms with van der Waals surface area (Å²) in [5.41, 5.74) is 0.500. The number of hydrogen-bond donors (Lipinski definition) is 2. The summed E-state index contributed by atoms with van der Waals surface area (Å²) in [4.78, 5) is 25.4. The maximum atomic E-state index is 13.5. The number of para-hydroxylation sites is 1. The number of benzene rings is 2. The Bertz CT molecular complexity index is 782. The van der Waals surface area contributed by atoms with E-state index in [9.17, 15) is 18.4 Å². The number of urea groups is 1. The fraction of sp³-hybridized carbons (Fsp3) is 0.176. The Balaban J connectivity index is 1.62. The number of carbonyl (C=O) groups excluding carboxylic acids is 2. The van der Waals surface area contributed by atoms with E-state index >= 15 is 0 Å². The van der Waals surface area contributed by atoms with Gasteiger partial charge in [0.15, 0.2) is 0 Å². The topological polar surface area (TPSA) is 61.4 Å². The molecule has 0 spiro atoms. The number of anilines is 2. The van der Waals surface area contributed by atoms with E-state index in [0.717, 1.165) is 0 Å². The van der Waals surface area contributed by atoms with Crippen molar-refractivity contribution in [1.29, 1.82) is 0 Å². The Hall–Kier alpha value is -2.96. The van der Waals surface area contributed by atoms with Crippen LogP contribution in [-0.2, 0) is 4.79 Å². The van der Waals surface area contributed by atoms with Crippen LogP contribution in [0.2, 0.25) is 0 Å². The molecule has 2 N–H and O–H groups in total. The first-order valence-corrected chi connectivity index (χ1v) is 7.41. The highest BCUT2D eigenvalue weighted by Crippen LogP contribution is 2.22. The van der Waals surface area contributed by atoms with Gasteiger partial charge in [-0.25, -0.2) is 13.6 Å². The molecule has 24 heavy (non-hydrogen) atoms. The molecule has 3 amide bonds. The average molecular weight is 331 g/mol. The molecule has 2 aromatic carbocycles. The summed E-state index contributed by atoms with van der Waals surface area (Å²) >= 11 is 0. The number of nitrogens with one attached hydrogen (secondary N) is 2. The summed E-state index contributed by atoms with van der Waals surface area (Å²) in [6.45, 7) is 0.229. The molecule has 1 saturated heterocycles. The van der Waals surface area contributed by atoms with E-state index in [4.69, 9.17) is 0 Å². The molecule has 1 heterocycles. The highest BCUT2D eigenvalue weighted by molar-refractivity contribution is 5.97. The lowest BCUT2D eigenvalue weighted by atomic mass is 10.2. The molecule has 1 fully saturated rings. The maximum absolute atomic E-state index is 13.5. The van der Waals surface area contributed by atoms with Gasteiger partial charge in [0.2, 0.25) is 5.91 Å². The Kier molecular flexibility index (Phi) is 4.41. The molecular weight excluding hydrogens is 316 g/mol. The van der Waals surface area contributed by atoms with Gasteiger partial charge in [0.05, 0.1) is 11.7 Å². The van der Waals surface area contributed by atoms with Crippen LogP contribution in [0.5, 0.6) is 0 Å². The molecule has 0 aliphatic carbocycles. The van der Waals surface area contributed by atoms with Gasteiger partial charge in [-0.3, -0.25) is 4.79 Å². The third-order valence-electron chi connectivity index (χ3n) is 3.70. The van der Waals surface area contributed by atoms with E-state index in [0.29, 0.717) is 5.69 Å². The van der Waals surface area contributed by atoms with Crippen molar-refractivity contribution in [2.45, 2.75) is 12.5 Å². The van der Waals surface area contributed by atoms with Crippen molar-refractivity contribution in [3.8, 4) is 0 Å². The predicted molar refractivity (Wildman–Crippen MR) is 85.7 cm³/mol. The minimum Gasteiger partial charge on any atom is -0.333 e. The molecule has 3 rings (SSSR count). The van der Waals surface area contributed by atoms with E-state index in [-0.39, 0.29) is 24.6 Å². The van der Waals surface area contributed by atoms with E-state index in [1.807, 2.05) is 0 Å². The quantitative estimate of drug-likeness (QED) is 0.908. The molecule has 1 atom stereocenters. The Labute approximate surface area is 137 Å². The lowest BCUT2D eigenvalue weighted by Crippen LogP contribution is -2.39. The van der Waals surface area contributed by atoms with Crippen molar-refractivity contribution in [2.24, 2.45) is 0 Å². The zero-order chi connectivity index (χ0) is 17.1. The van der Waals surface area contributed by atoms with Gasteiger partial charge < -0.3 is 15.5 Å². The van der Waals surface area contributed by atoms with Gasteiger partial charge in [-0.05, 0) is 30.3 Å². The largest absolute Gasteiger partial charge is 0.333 e. The minimum atomic E-state index is -0.598. The molecule has 124 valence electrons. The molecule has 0 aromatic heterocycles. The second kappa shape index (κ2) is 6.66. The molecule has 1 aliphatic heterocycles. The summed E-state index contributed by atoms with van der Waals surface area (Å²) in [5, 5.41) is 5.03. The van der Waals surface area contributed by atoms with E-state index < -0.39 is 23.7 Å². The lowest BCUT2D eigenvalue weighted by Gasteiger charge is -2.17. The highest BCUT2D eigenvalue weighted by Gasteiger charge is 2.31. The zero-order valence-electron chi connectivity index (χ0n) is 12.6. The number of rotatable bonds is 3. The lowest BCUT2D eigenvalue weighted by molar-refractivity contribution is -0.117. The molecule has 0 saturated carbocycles. The molecule has 7 heteroatoms. The van der Waals surface area contributed by atoms with E-state index in [1.54, 1.807) is 12.1 Å². The van der Waals surface area contributed by atoms with Crippen LogP contribution in [-0.4, -0.2) is 24.5 Å². The van der Waals surface area contributed by atoms with Gasteiger partial charge in [0, 0.05) is 18.7 Å². The van der Waals surface area contributed by atoms with Crippen molar-refractivity contribution in [3.05, 3.63) is 60.2 Å². The van der Waals surface area contributed by atoms with Crippen LogP contribution < -0.4 is 15.5 Å². The van der Waals surface area contributed by atoms with Gasteiger partial charge in [-0.1, -0.05) is 18.2 Å². The highest BCUT2D eigenvalue weighted by atomic mass is 19.1. The molecule has 0 bridgehead atoms. The molecule has 5 nitrogen and oxygen atoms in total. The van der Waals surface area contributed by atoms with Crippen LogP contribution in [0.3, 0.4) is 0 Å². The SMILES string of the molecule is O=C(Nc1ccccc1F)NC1CC(=O)N(c2cccc(F)c2)C1. The Morgan fingerprint density at radius 1 is 1.12 bits per heavy atom. The summed E-state index contributed by atoms with van der Waals surface area (Å²) in [7, 11) is 0. The van der Waals surface area contributed by atoms with Crippen LogP contribution in [0.1, 0.15) is 6.42 Å². The fourth-order valence-corrected chi connectivity index (χ4v) is 2.60. The summed E-state index contributed by atoms with van der Waals surface area (Å²) in [5.74, 6) is -1.19. The smallest absolute Gasteiger partial charge is 0.319 e. The van der Waals surface area contributed by atoms with Gasteiger partial charge in [0.25, 0.3) is 0 Å². The van der Waals surface area contributed by atoms with Crippen molar-refractivity contribution >= 4 is 23.3 Å². The van der Waals surface area contributed by atoms with Crippen LogP contribution in [0, 0.1) is 11.6 Å². The first kappa shape index (κ1) is 15.9. The first-order valence-electron chi connectivity index (χ1n) is 7.41. The van der Waals surface area contributed by atoms with Crippen molar-refractivity contribution in [3.63, 3.8) is 0 Å². The molecule has 0 radical (unpaired) electrons. The van der Waals surface area contributed by atoms with Crippen LogP contribution in [0.15, 0.2) is 48.5 Å². The number of amides is 3. The van der Waals surface area contributed by atoms with Gasteiger partial charge in [-0.2, -0.15) is 0 Å². The van der Waals surface area contributed by atoms with E-state index in [1.165, 1.54) is 41.3 Å². The minimum absolute atomic E-state index is 0.0568. The number of halogens is 2. The number of nitrogens with zero attached hydrogens (tertiary/aromatic N) is 1. The predicted octanol–water partition coefficient (Wildman–Crippen LogP) is 2.89. The Morgan fingerprint density at radius 3 is 2.67 bits per heavy atom. The molecule has 1 aliphatic rings. The first-order chi connectivity index (χ1) is 11.5. The average Bonchev–Trinajstić information content (AvgIpc) is 2.90. The van der Waals surface area contributed by atoms with Gasteiger partial charge in [0.1, 0.15) is 11.6 Å². The second-order valence-corrected chi connectivity index (χ2v) is 5.46. The number of hydrogen-bond acceptors (Lipinski definition) is 2. The molecular formula is C17H15F2N3O2. The van der Waals surface area contributed by atoms with Gasteiger partial charge >= 0.3 is 6.03 Å². The van der Waals surface area contributed by atoms with Crippen molar-refractivity contribution in [1.82, 2.24) is 5.32 Å². The van der Waals surface area contributed by atoms with Crippen molar-refractivity contribution in [2.75, 3.05) is 16.8 Å². The van der Waals surface area contributed by atoms with E-state index in [2.05, 4.69) is 10.6 Å². The summed E-state index contributed by atoms with van der Waals surface area (Å²) in [6.07, 6.45) is 0.0984. The third kappa shape index (κ3) is 3.51. The van der Waals surface area contributed by atoms with Crippen LogP contribution in [0.4, 0.5) is 25.0 Å². The summed E-state index contributed by atoms with van der Waals surface area (Å²) < 4.78 is 26.8.